The number of benzene rings is 1. The van der Waals surface area contributed by atoms with Gasteiger partial charge in [-0.05, 0) is 49.8 Å². The first-order chi connectivity index (χ1) is 9.66. The normalized spacial score (nSPS) is 26.2. The van der Waals surface area contributed by atoms with Crippen molar-refractivity contribution in [1.29, 1.82) is 0 Å². The number of hydrogen-bond donors (Lipinski definition) is 0. The zero-order valence-electron chi connectivity index (χ0n) is 11.4. The summed E-state index contributed by atoms with van der Waals surface area (Å²) < 4.78 is 13.1. The number of carbonyl (C=O) groups excluding carboxylic acids is 1. The van der Waals surface area contributed by atoms with E-state index in [-0.39, 0.29) is 10.9 Å². The minimum Gasteiger partial charge on any atom is -0.335 e. The SMILES string of the molecule is O=C(c1ccc(F)cc1Cl)N1CCCC2CCCCC21. The second kappa shape index (κ2) is 5.72. The Morgan fingerprint density at radius 1 is 1.20 bits per heavy atom. The first-order valence-corrected chi connectivity index (χ1v) is 7.80. The summed E-state index contributed by atoms with van der Waals surface area (Å²) in [5.74, 6) is 0.202. The highest BCUT2D eigenvalue weighted by atomic mass is 35.5. The predicted molar refractivity (Wildman–Crippen MR) is 77.4 cm³/mol. The minimum atomic E-state index is -0.402. The van der Waals surface area contributed by atoms with Gasteiger partial charge in [0.15, 0.2) is 0 Å². The fourth-order valence-corrected chi connectivity index (χ4v) is 3.94. The van der Waals surface area contributed by atoms with Crippen LogP contribution in [0.4, 0.5) is 4.39 Å². The lowest BCUT2D eigenvalue weighted by Crippen LogP contribution is -2.49. The lowest BCUT2D eigenvalue weighted by atomic mass is 9.78. The molecule has 108 valence electrons. The fourth-order valence-electron chi connectivity index (χ4n) is 3.69. The summed E-state index contributed by atoms with van der Waals surface area (Å²) in [6.07, 6.45) is 7.08. The molecule has 2 unspecified atom stereocenters. The van der Waals surface area contributed by atoms with E-state index in [9.17, 15) is 9.18 Å². The Labute approximate surface area is 123 Å². The smallest absolute Gasteiger partial charge is 0.255 e. The van der Waals surface area contributed by atoms with Crippen molar-refractivity contribution in [3.05, 3.63) is 34.6 Å². The van der Waals surface area contributed by atoms with Crippen LogP contribution in [-0.4, -0.2) is 23.4 Å². The third-order valence-electron chi connectivity index (χ3n) is 4.67. The van der Waals surface area contributed by atoms with Gasteiger partial charge < -0.3 is 4.90 Å². The molecule has 1 saturated heterocycles. The number of rotatable bonds is 1. The van der Waals surface area contributed by atoms with Crippen molar-refractivity contribution >= 4 is 17.5 Å². The second-order valence-corrected chi connectivity index (χ2v) is 6.28. The molecule has 1 aliphatic heterocycles. The largest absolute Gasteiger partial charge is 0.335 e. The molecule has 0 N–H and O–H groups in total. The molecule has 1 aliphatic carbocycles. The Morgan fingerprint density at radius 2 is 1.95 bits per heavy atom. The van der Waals surface area contributed by atoms with Crippen molar-refractivity contribution < 1.29 is 9.18 Å². The van der Waals surface area contributed by atoms with Gasteiger partial charge in [0, 0.05) is 12.6 Å². The topological polar surface area (TPSA) is 20.3 Å². The quantitative estimate of drug-likeness (QED) is 0.757. The van der Waals surface area contributed by atoms with Crippen molar-refractivity contribution in [1.82, 2.24) is 4.90 Å². The van der Waals surface area contributed by atoms with E-state index in [2.05, 4.69) is 0 Å². The molecule has 1 saturated carbocycles. The van der Waals surface area contributed by atoms with Crippen LogP contribution in [0.5, 0.6) is 0 Å². The molecule has 1 aromatic carbocycles. The van der Waals surface area contributed by atoms with Crippen LogP contribution in [0.25, 0.3) is 0 Å². The molecule has 4 heteroatoms. The molecule has 1 amide bonds. The summed E-state index contributed by atoms with van der Waals surface area (Å²) in [5, 5.41) is 0.216. The molecule has 2 nitrogen and oxygen atoms in total. The average Bonchev–Trinajstić information content (AvgIpc) is 2.46. The van der Waals surface area contributed by atoms with E-state index < -0.39 is 5.82 Å². The molecule has 0 radical (unpaired) electrons. The van der Waals surface area contributed by atoms with E-state index >= 15 is 0 Å². The summed E-state index contributed by atoms with van der Waals surface area (Å²) in [7, 11) is 0. The van der Waals surface area contributed by atoms with Gasteiger partial charge in [0.25, 0.3) is 5.91 Å². The van der Waals surface area contributed by atoms with Crippen LogP contribution in [0, 0.1) is 11.7 Å². The average molecular weight is 296 g/mol. The number of piperidine rings is 1. The molecule has 2 fully saturated rings. The summed E-state index contributed by atoms with van der Waals surface area (Å²) in [6.45, 7) is 0.799. The zero-order valence-corrected chi connectivity index (χ0v) is 12.2. The number of fused-ring (bicyclic) bond motifs is 1. The fraction of sp³-hybridized carbons (Fsp3) is 0.562. The molecule has 1 heterocycles. The maximum Gasteiger partial charge on any atom is 0.255 e. The number of halogens is 2. The molecule has 2 aliphatic rings. The second-order valence-electron chi connectivity index (χ2n) is 5.88. The first kappa shape index (κ1) is 13.9. The number of likely N-dealkylation sites (tertiary alicyclic amines) is 1. The van der Waals surface area contributed by atoms with Gasteiger partial charge in [-0.25, -0.2) is 4.39 Å². The Morgan fingerprint density at radius 3 is 2.75 bits per heavy atom. The number of carbonyl (C=O) groups is 1. The van der Waals surface area contributed by atoms with Crippen molar-refractivity contribution in [2.75, 3.05) is 6.54 Å². The maximum atomic E-state index is 13.1. The molecule has 0 aromatic heterocycles. The summed E-state index contributed by atoms with van der Waals surface area (Å²) >= 11 is 6.03. The Bertz CT molecular complexity index is 517. The van der Waals surface area contributed by atoms with Gasteiger partial charge in [-0.2, -0.15) is 0 Å². The molecular weight excluding hydrogens is 277 g/mol. The molecular formula is C16H19ClFNO. The van der Waals surface area contributed by atoms with Crippen LogP contribution in [0.2, 0.25) is 5.02 Å². The van der Waals surface area contributed by atoms with Gasteiger partial charge in [0.05, 0.1) is 10.6 Å². The Hall–Kier alpha value is -1.09. The van der Waals surface area contributed by atoms with E-state index in [0.717, 1.165) is 19.4 Å². The number of nitrogens with zero attached hydrogens (tertiary/aromatic N) is 1. The first-order valence-electron chi connectivity index (χ1n) is 7.43. The summed E-state index contributed by atoms with van der Waals surface area (Å²) in [6, 6.07) is 4.39. The van der Waals surface area contributed by atoms with Crippen LogP contribution in [0.1, 0.15) is 48.9 Å². The van der Waals surface area contributed by atoms with Crippen LogP contribution < -0.4 is 0 Å². The van der Waals surface area contributed by atoms with Gasteiger partial charge in [-0.1, -0.05) is 24.4 Å². The molecule has 3 rings (SSSR count). The lowest BCUT2D eigenvalue weighted by molar-refractivity contribution is 0.0391. The third kappa shape index (κ3) is 2.56. The Kier molecular flexibility index (Phi) is 3.97. The third-order valence-corrected chi connectivity index (χ3v) is 4.98. The van der Waals surface area contributed by atoms with Crippen LogP contribution >= 0.6 is 11.6 Å². The predicted octanol–water partition coefficient (Wildman–Crippen LogP) is 4.27. The minimum absolute atomic E-state index is 0.0356. The van der Waals surface area contributed by atoms with Gasteiger partial charge in [-0.3, -0.25) is 4.79 Å². The van der Waals surface area contributed by atoms with E-state index in [4.69, 9.17) is 11.6 Å². The standard InChI is InChI=1S/C16H19ClFNO/c17-14-10-12(18)7-8-13(14)16(20)19-9-3-5-11-4-1-2-6-15(11)19/h7-8,10-11,15H,1-6,9H2. The van der Waals surface area contributed by atoms with E-state index in [1.807, 2.05) is 4.90 Å². The van der Waals surface area contributed by atoms with E-state index in [1.54, 1.807) is 0 Å². The highest BCUT2D eigenvalue weighted by Crippen LogP contribution is 2.36. The summed E-state index contributed by atoms with van der Waals surface area (Å²) in [4.78, 5) is 14.7. The molecule has 0 spiro atoms. The van der Waals surface area contributed by atoms with Crippen LogP contribution in [0.3, 0.4) is 0 Å². The number of amides is 1. The van der Waals surface area contributed by atoms with Crippen molar-refractivity contribution in [2.24, 2.45) is 5.92 Å². The maximum absolute atomic E-state index is 13.1. The number of hydrogen-bond acceptors (Lipinski definition) is 1. The Balaban J connectivity index is 1.85. The molecule has 20 heavy (non-hydrogen) atoms. The van der Waals surface area contributed by atoms with Gasteiger partial charge in [-0.15, -0.1) is 0 Å². The zero-order chi connectivity index (χ0) is 14.1. The highest BCUT2D eigenvalue weighted by Gasteiger charge is 2.36. The monoisotopic (exact) mass is 295 g/mol. The molecule has 0 bridgehead atoms. The van der Waals surface area contributed by atoms with Crippen molar-refractivity contribution in [2.45, 2.75) is 44.6 Å². The van der Waals surface area contributed by atoms with Crippen molar-refractivity contribution in [3.8, 4) is 0 Å². The van der Waals surface area contributed by atoms with E-state index in [1.165, 1.54) is 43.9 Å². The lowest BCUT2D eigenvalue weighted by Gasteiger charge is -2.44. The van der Waals surface area contributed by atoms with Gasteiger partial charge in [0.1, 0.15) is 5.82 Å². The molecule has 2 atom stereocenters. The summed E-state index contributed by atoms with van der Waals surface area (Å²) in [5.41, 5.74) is 0.430. The van der Waals surface area contributed by atoms with Gasteiger partial charge >= 0.3 is 0 Å². The van der Waals surface area contributed by atoms with Crippen molar-refractivity contribution in [3.63, 3.8) is 0 Å². The van der Waals surface area contributed by atoms with Crippen LogP contribution in [0.15, 0.2) is 18.2 Å². The van der Waals surface area contributed by atoms with Crippen LogP contribution in [-0.2, 0) is 0 Å². The highest BCUT2D eigenvalue weighted by molar-refractivity contribution is 6.33. The van der Waals surface area contributed by atoms with Gasteiger partial charge in [0.2, 0.25) is 0 Å². The molecule has 1 aromatic rings. The van der Waals surface area contributed by atoms with E-state index in [0.29, 0.717) is 17.5 Å².